The minimum Gasteiger partial charge on any atom is -0.398 e. The number of hydrogen-bond acceptors (Lipinski definition) is 3. The number of para-hydroxylation sites is 1. The van der Waals surface area contributed by atoms with Gasteiger partial charge in [-0.1, -0.05) is 34.1 Å². The van der Waals surface area contributed by atoms with Crippen LogP contribution in [0.25, 0.3) is 0 Å². The lowest BCUT2D eigenvalue weighted by molar-refractivity contribution is 0.530. The molecule has 2 rings (SSSR count). The predicted molar refractivity (Wildman–Crippen MR) is 78.7 cm³/mol. The van der Waals surface area contributed by atoms with E-state index >= 15 is 0 Å². The van der Waals surface area contributed by atoms with Crippen molar-refractivity contribution >= 4 is 21.6 Å². The van der Waals surface area contributed by atoms with Gasteiger partial charge in [0.05, 0.1) is 6.04 Å². The number of hydrazine groups is 1. The van der Waals surface area contributed by atoms with E-state index in [2.05, 4.69) is 21.4 Å². The van der Waals surface area contributed by atoms with Gasteiger partial charge >= 0.3 is 0 Å². The summed E-state index contributed by atoms with van der Waals surface area (Å²) in [6.07, 6.45) is 0.427. The standard InChI is InChI=1S/C14H15BrFN3/c15-10-5-6-12(16)9(7-10)8-14(19-18)11-3-1-2-4-13(11)17/h1-7,14,19H,8,17-18H2. The average Bonchev–Trinajstić information content (AvgIpc) is 2.41. The second-order valence-corrected chi connectivity index (χ2v) is 5.20. The van der Waals surface area contributed by atoms with E-state index in [1.165, 1.54) is 6.07 Å². The van der Waals surface area contributed by atoms with E-state index in [0.717, 1.165) is 10.0 Å². The van der Waals surface area contributed by atoms with E-state index in [1.54, 1.807) is 18.2 Å². The Morgan fingerprint density at radius 2 is 1.95 bits per heavy atom. The number of rotatable bonds is 4. The van der Waals surface area contributed by atoms with E-state index in [9.17, 15) is 4.39 Å². The van der Waals surface area contributed by atoms with Gasteiger partial charge in [-0.15, -0.1) is 0 Å². The minimum atomic E-state index is -0.252. The molecule has 100 valence electrons. The Hall–Kier alpha value is -1.43. The topological polar surface area (TPSA) is 64.1 Å². The van der Waals surface area contributed by atoms with Crippen LogP contribution in [0.3, 0.4) is 0 Å². The molecule has 2 aromatic rings. The normalized spacial score (nSPS) is 12.4. The number of hydrogen-bond donors (Lipinski definition) is 3. The molecule has 0 bridgehead atoms. The molecular weight excluding hydrogens is 309 g/mol. The number of halogens is 2. The smallest absolute Gasteiger partial charge is 0.126 e. The summed E-state index contributed by atoms with van der Waals surface area (Å²) in [7, 11) is 0. The SMILES string of the molecule is NNC(Cc1cc(Br)ccc1F)c1ccccc1N. The molecule has 0 saturated carbocycles. The van der Waals surface area contributed by atoms with Gasteiger partial charge in [0.1, 0.15) is 5.82 Å². The Kier molecular flexibility index (Phi) is 4.52. The lowest BCUT2D eigenvalue weighted by atomic mass is 9.98. The van der Waals surface area contributed by atoms with Crippen LogP contribution in [0.4, 0.5) is 10.1 Å². The maximum absolute atomic E-state index is 13.8. The van der Waals surface area contributed by atoms with E-state index in [4.69, 9.17) is 11.6 Å². The van der Waals surface area contributed by atoms with Crippen molar-refractivity contribution in [3.8, 4) is 0 Å². The van der Waals surface area contributed by atoms with Crippen molar-refractivity contribution in [2.45, 2.75) is 12.5 Å². The molecule has 0 aliphatic carbocycles. The third-order valence-electron chi connectivity index (χ3n) is 3.00. The molecule has 0 fully saturated rings. The summed E-state index contributed by atoms with van der Waals surface area (Å²) in [5.41, 5.74) is 10.7. The Morgan fingerprint density at radius 1 is 1.21 bits per heavy atom. The molecule has 0 aliphatic heterocycles. The summed E-state index contributed by atoms with van der Waals surface area (Å²) < 4.78 is 14.6. The minimum absolute atomic E-state index is 0.231. The van der Waals surface area contributed by atoms with Gasteiger partial charge in [0.15, 0.2) is 0 Å². The predicted octanol–water partition coefficient (Wildman–Crippen LogP) is 2.92. The van der Waals surface area contributed by atoms with Gasteiger partial charge in [0, 0.05) is 10.2 Å². The van der Waals surface area contributed by atoms with E-state index < -0.39 is 0 Å². The molecular formula is C14H15BrFN3. The molecule has 0 saturated heterocycles. The molecule has 0 spiro atoms. The average molecular weight is 324 g/mol. The highest BCUT2D eigenvalue weighted by molar-refractivity contribution is 9.10. The van der Waals surface area contributed by atoms with Crippen LogP contribution in [0.5, 0.6) is 0 Å². The summed E-state index contributed by atoms with van der Waals surface area (Å²) in [4.78, 5) is 0. The summed E-state index contributed by atoms with van der Waals surface area (Å²) in [5, 5.41) is 0. The van der Waals surface area contributed by atoms with E-state index in [-0.39, 0.29) is 11.9 Å². The summed E-state index contributed by atoms with van der Waals surface area (Å²) >= 11 is 3.34. The van der Waals surface area contributed by atoms with Crippen LogP contribution in [0.1, 0.15) is 17.2 Å². The van der Waals surface area contributed by atoms with Crippen LogP contribution < -0.4 is 17.0 Å². The second-order valence-electron chi connectivity index (χ2n) is 4.29. The first-order chi connectivity index (χ1) is 9.11. The maximum atomic E-state index is 13.8. The van der Waals surface area contributed by atoms with Gasteiger partial charge in [-0.2, -0.15) is 0 Å². The maximum Gasteiger partial charge on any atom is 0.126 e. The third kappa shape index (κ3) is 3.32. The molecule has 0 heterocycles. The van der Waals surface area contributed by atoms with Crippen molar-refractivity contribution in [3.63, 3.8) is 0 Å². The van der Waals surface area contributed by atoms with Gasteiger partial charge in [0.2, 0.25) is 0 Å². The Bertz CT molecular complexity index is 574. The Labute approximate surface area is 119 Å². The van der Waals surface area contributed by atoms with Gasteiger partial charge in [-0.25, -0.2) is 4.39 Å². The molecule has 1 atom stereocenters. The fourth-order valence-electron chi connectivity index (χ4n) is 2.01. The van der Waals surface area contributed by atoms with Crippen molar-refractivity contribution in [3.05, 3.63) is 63.9 Å². The molecule has 0 aliphatic rings. The van der Waals surface area contributed by atoms with Crippen molar-refractivity contribution < 1.29 is 4.39 Å². The van der Waals surface area contributed by atoms with Crippen molar-refractivity contribution in [1.29, 1.82) is 0 Å². The van der Waals surface area contributed by atoms with Crippen LogP contribution in [0.2, 0.25) is 0 Å². The number of nitrogens with one attached hydrogen (secondary N) is 1. The van der Waals surface area contributed by atoms with Crippen molar-refractivity contribution in [2.75, 3.05) is 5.73 Å². The number of nitrogen functional groups attached to an aromatic ring is 1. The van der Waals surface area contributed by atoms with Gasteiger partial charge in [-0.3, -0.25) is 11.3 Å². The van der Waals surface area contributed by atoms with Gasteiger partial charge in [0.25, 0.3) is 0 Å². The molecule has 0 radical (unpaired) electrons. The van der Waals surface area contributed by atoms with Gasteiger partial charge < -0.3 is 5.73 Å². The Morgan fingerprint density at radius 3 is 2.63 bits per heavy atom. The first-order valence-electron chi connectivity index (χ1n) is 5.86. The zero-order valence-electron chi connectivity index (χ0n) is 10.2. The number of benzene rings is 2. The molecule has 2 aromatic carbocycles. The molecule has 1 unspecified atom stereocenters. The highest BCUT2D eigenvalue weighted by Crippen LogP contribution is 2.25. The van der Waals surface area contributed by atoms with Crippen LogP contribution >= 0.6 is 15.9 Å². The molecule has 5 heteroatoms. The summed E-state index contributed by atoms with van der Waals surface area (Å²) in [6.45, 7) is 0. The lowest BCUT2D eigenvalue weighted by Crippen LogP contribution is -2.30. The number of anilines is 1. The largest absolute Gasteiger partial charge is 0.398 e. The van der Waals surface area contributed by atoms with Crippen molar-refractivity contribution in [1.82, 2.24) is 5.43 Å². The van der Waals surface area contributed by atoms with Crippen LogP contribution in [0, 0.1) is 5.82 Å². The monoisotopic (exact) mass is 323 g/mol. The molecule has 5 N–H and O–H groups in total. The molecule has 0 amide bonds. The first kappa shape index (κ1) is 14.0. The lowest BCUT2D eigenvalue weighted by Gasteiger charge is -2.18. The molecule has 3 nitrogen and oxygen atoms in total. The highest BCUT2D eigenvalue weighted by Gasteiger charge is 2.15. The quantitative estimate of drug-likeness (QED) is 0.460. The van der Waals surface area contributed by atoms with Crippen LogP contribution in [0.15, 0.2) is 46.9 Å². The first-order valence-corrected chi connectivity index (χ1v) is 6.65. The molecule has 19 heavy (non-hydrogen) atoms. The van der Waals surface area contributed by atoms with E-state index in [1.807, 2.05) is 18.2 Å². The Balaban J connectivity index is 2.29. The van der Waals surface area contributed by atoms with Gasteiger partial charge in [-0.05, 0) is 41.8 Å². The number of nitrogens with two attached hydrogens (primary N) is 2. The van der Waals surface area contributed by atoms with Crippen LogP contribution in [-0.2, 0) is 6.42 Å². The molecule has 0 aromatic heterocycles. The highest BCUT2D eigenvalue weighted by atomic mass is 79.9. The van der Waals surface area contributed by atoms with E-state index in [0.29, 0.717) is 17.7 Å². The second kappa shape index (κ2) is 6.14. The summed E-state index contributed by atoms with van der Waals surface area (Å²) in [5.74, 6) is 5.32. The summed E-state index contributed by atoms with van der Waals surface area (Å²) in [6, 6.07) is 12.0. The fourth-order valence-corrected chi connectivity index (χ4v) is 2.42. The van der Waals surface area contributed by atoms with Crippen LogP contribution in [-0.4, -0.2) is 0 Å². The zero-order chi connectivity index (χ0) is 13.8. The van der Waals surface area contributed by atoms with Crippen molar-refractivity contribution in [2.24, 2.45) is 5.84 Å². The zero-order valence-corrected chi connectivity index (χ0v) is 11.8. The third-order valence-corrected chi connectivity index (χ3v) is 3.50. The fraction of sp³-hybridized carbons (Fsp3) is 0.143.